The van der Waals surface area contributed by atoms with Crippen LogP contribution in [0, 0.1) is 13.8 Å². The summed E-state index contributed by atoms with van der Waals surface area (Å²) in [5, 5.41) is 48.9. The van der Waals surface area contributed by atoms with Gasteiger partial charge >= 0.3 is 5.97 Å². The monoisotopic (exact) mass is 377 g/mol. The van der Waals surface area contributed by atoms with Crippen LogP contribution in [0.25, 0.3) is 0 Å². The minimum absolute atomic E-state index is 0.00304. The molecule has 0 saturated carbocycles. The molecular weight excluding hydrogens is 354 g/mol. The predicted molar refractivity (Wildman–Crippen MR) is 94.9 cm³/mol. The first-order chi connectivity index (χ1) is 12.8. The third kappa shape index (κ3) is 4.70. The lowest BCUT2D eigenvalue weighted by Crippen LogP contribution is -2.30. The van der Waals surface area contributed by atoms with Gasteiger partial charge in [-0.15, -0.1) is 0 Å². The van der Waals surface area contributed by atoms with Crippen LogP contribution in [0.3, 0.4) is 0 Å². The van der Waals surface area contributed by atoms with E-state index in [1.54, 1.807) is 13.8 Å². The number of aliphatic hydroxyl groups excluding tert-OH is 2. The van der Waals surface area contributed by atoms with Crippen molar-refractivity contribution in [2.45, 2.75) is 40.2 Å². The standard InChI is InChI=1S/C18H23N3O6/c1-10-17(26)14(12(8-22)3-19-10)5-21(7-16(24)25)6-15-13(9-23)4-20-11(2)18(15)27/h3-4,22-23,26-27H,5-9H2,1-2H3,(H,24,25). The van der Waals surface area contributed by atoms with Crippen LogP contribution in [-0.2, 0) is 31.1 Å². The van der Waals surface area contributed by atoms with Gasteiger partial charge in [0.2, 0.25) is 0 Å². The third-order valence-corrected chi connectivity index (χ3v) is 4.32. The number of hydrogen-bond donors (Lipinski definition) is 5. The van der Waals surface area contributed by atoms with Crippen molar-refractivity contribution in [1.29, 1.82) is 0 Å². The van der Waals surface area contributed by atoms with E-state index < -0.39 is 5.97 Å². The van der Waals surface area contributed by atoms with E-state index in [9.17, 15) is 30.3 Å². The lowest BCUT2D eigenvalue weighted by Gasteiger charge is -2.24. The zero-order chi connectivity index (χ0) is 20.1. The molecule has 2 rings (SSSR count). The van der Waals surface area contributed by atoms with E-state index in [0.717, 1.165) is 0 Å². The molecule has 0 saturated heterocycles. The van der Waals surface area contributed by atoms with Crippen LogP contribution in [0.2, 0.25) is 0 Å². The Morgan fingerprint density at radius 2 is 1.33 bits per heavy atom. The molecule has 0 fully saturated rings. The first kappa shape index (κ1) is 20.6. The molecule has 0 amide bonds. The number of aromatic hydroxyl groups is 2. The van der Waals surface area contributed by atoms with Gasteiger partial charge in [-0.1, -0.05) is 0 Å². The van der Waals surface area contributed by atoms with Gasteiger partial charge in [-0.3, -0.25) is 19.7 Å². The summed E-state index contributed by atoms with van der Waals surface area (Å²) < 4.78 is 0. The van der Waals surface area contributed by atoms with E-state index in [2.05, 4.69) is 9.97 Å². The average Bonchev–Trinajstić information content (AvgIpc) is 2.62. The Morgan fingerprint density at radius 3 is 1.67 bits per heavy atom. The van der Waals surface area contributed by atoms with E-state index in [-0.39, 0.29) is 44.3 Å². The van der Waals surface area contributed by atoms with Crippen LogP contribution in [0.5, 0.6) is 11.5 Å². The second-order valence-corrected chi connectivity index (χ2v) is 6.25. The van der Waals surface area contributed by atoms with E-state index >= 15 is 0 Å². The lowest BCUT2D eigenvalue weighted by molar-refractivity contribution is -0.138. The van der Waals surface area contributed by atoms with Crippen molar-refractivity contribution >= 4 is 5.97 Å². The highest BCUT2D eigenvalue weighted by molar-refractivity contribution is 5.69. The van der Waals surface area contributed by atoms with Gasteiger partial charge in [-0.05, 0) is 13.8 Å². The fourth-order valence-electron chi connectivity index (χ4n) is 2.80. The number of carboxylic acids is 1. The maximum absolute atomic E-state index is 11.3. The summed E-state index contributed by atoms with van der Waals surface area (Å²) in [5.41, 5.74) is 2.20. The molecule has 27 heavy (non-hydrogen) atoms. The Labute approximate surface area is 156 Å². The van der Waals surface area contributed by atoms with Gasteiger partial charge in [-0.2, -0.15) is 0 Å². The zero-order valence-electron chi connectivity index (χ0n) is 15.2. The van der Waals surface area contributed by atoms with Crippen molar-refractivity contribution in [2.24, 2.45) is 0 Å². The molecule has 2 aromatic heterocycles. The fraction of sp³-hybridized carbons (Fsp3) is 0.389. The topological polar surface area (TPSA) is 147 Å². The molecule has 2 heterocycles. The summed E-state index contributed by atoms with van der Waals surface area (Å²) in [4.78, 5) is 20.8. The third-order valence-electron chi connectivity index (χ3n) is 4.32. The number of carboxylic acid groups (broad SMARTS) is 1. The van der Waals surface area contributed by atoms with E-state index in [1.165, 1.54) is 17.3 Å². The average molecular weight is 377 g/mol. The van der Waals surface area contributed by atoms with Gasteiger partial charge in [0.15, 0.2) is 0 Å². The second kappa shape index (κ2) is 8.76. The number of aryl methyl sites for hydroxylation is 2. The minimum atomic E-state index is -1.10. The number of hydrogen-bond acceptors (Lipinski definition) is 8. The molecule has 0 bridgehead atoms. The van der Waals surface area contributed by atoms with Gasteiger partial charge in [-0.25, -0.2) is 0 Å². The Kier molecular flexibility index (Phi) is 6.67. The van der Waals surface area contributed by atoms with Crippen molar-refractivity contribution in [3.63, 3.8) is 0 Å². The summed E-state index contributed by atoms with van der Waals surface area (Å²) >= 11 is 0. The smallest absolute Gasteiger partial charge is 0.317 e. The molecule has 9 heteroatoms. The van der Waals surface area contributed by atoms with Gasteiger partial charge in [0.1, 0.15) is 11.5 Å². The van der Waals surface area contributed by atoms with Crippen LogP contribution in [0.4, 0.5) is 0 Å². The first-order valence-corrected chi connectivity index (χ1v) is 8.26. The Balaban J connectivity index is 2.43. The van der Waals surface area contributed by atoms with Gasteiger partial charge in [0, 0.05) is 47.7 Å². The molecule has 9 nitrogen and oxygen atoms in total. The number of aromatic nitrogens is 2. The maximum Gasteiger partial charge on any atom is 0.317 e. The predicted octanol–water partition coefficient (Wildman–Crippen LogP) is 0.576. The first-order valence-electron chi connectivity index (χ1n) is 8.26. The van der Waals surface area contributed by atoms with Crippen LogP contribution < -0.4 is 0 Å². The van der Waals surface area contributed by atoms with Crippen molar-refractivity contribution in [3.05, 3.63) is 46.0 Å². The highest BCUT2D eigenvalue weighted by Crippen LogP contribution is 2.29. The summed E-state index contributed by atoms with van der Waals surface area (Å²) in [6, 6.07) is 0. The van der Waals surface area contributed by atoms with Crippen LogP contribution in [0.1, 0.15) is 33.6 Å². The summed E-state index contributed by atoms with van der Waals surface area (Å²) in [5.74, 6) is -1.33. The normalized spacial score (nSPS) is 11.1. The molecule has 0 aliphatic carbocycles. The van der Waals surface area contributed by atoms with Gasteiger partial charge < -0.3 is 25.5 Å². The number of nitrogens with zero attached hydrogens (tertiary/aromatic N) is 3. The zero-order valence-corrected chi connectivity index (χ0v) is 15.2. The molecule has 0 radical (unpaired) electrons. The number of rotatable bonds is 8. The number of aliphatic hydroxyl groups is 2. The van der Waals surface area contributed by atoms with Crippen molar-refractivity contribution < 1.29 is 30.3 Å². The number of pyridine rings is 2. The molecule has 0 aliphatic heterocycles. The van der Waals surface area contributed by atoms with E-state index in [4.69, 9.17) is 0 Å². The molecule has 5 N–H and O–H groups in total. The van der Waals surface area contributed by atoms with Gasteiger partial charge in [0.25, 0.3) is 0 Å². The van der Waals surface area contributed by atoms with Crippen LogP contribution in [-0.4, -0.2) is 52.9 Å². The molecule has 0 aromatic carbocycles. The Morgan fingerprint density at radius 1 is 0.926 bits per heavy atom. The highest BCUT2D eigenvalue weighted by atomic mass is 16.4. The molecule has 2 aromatic rings. The molecule has 0 unspecified atom stereocenters. The highest BCUT2D eigenvalue weighted by Gasteiger charge is 2.21. The van der Waals surface area contributed by atoms with E-state index in [0.29, 0.717) is 33.6 Å². The summed E-state index contributed by atoms with van der Waals surface area (Å²) in [6.07, 6.45) is 2.85. The molecular formula is C18H23N3O6. The fourth-order valence-corrected chi connectivity index (χ4v) is 2.80. The summed E-state index contributed by atoms with van der Waals surface area (Å²) in [7, 11) is 0. The quantitative estimate of drug-likeness (QED) is 0.445. The molecule has 0 spiro atoms. The lowest BCUT2D eigenvalue weighted by atomic mass is 10.0. The molecule has 146 valence electrons. The summed E-state index contributed by atoms with van der Waals surface area (Å²) in [6.45, 7) is 2.10. The van der Waals surface area contributed by atoms with Crippen molar-refractivity contribution in [2.75, 3.05) is 6.54 Å². The number of carbonyl (C=O) groups is 1. The van der Waals surface area contributed by atoms with Crippen molar-refractivity contribution in [1.82, 2.24) is 14.9 Å². The Bertz CT molecular complexity index is 779. The Hall–Kier alpha value is -2.75. The van der Waals surface area contributed by atoms with Crippen LogP contribution >= 0.6 is 0 Å². The van der Waals surface area contributed by atoms with Crippen molar-refractivity contribution in [3.8, 4) is 11.5 Å². The molecule has 0 atom stereocenters. The van der Waals surface area contributed by atoms with Gasteiger partial charge in [0.05, 0.1) is 31.1 Å². The van der Waals surface area contributed by atoms with E-state index in [1.807, 2.05) is 0 Å². The maximum atomic E-state index is 11.3. The molecule has 0 aliphatic rings. The largest absolute Gasteiger partial charge is 0.506 e. The van der Waals surface area contributed by atoms with Crippen LogP contribution in [0.15, 0.2) is 12.4 Å². The second-order valence-electron chi connectivity index (χ2n) is 6.25. The number of aliphatic carboxylic acids is 1. The SMILES string of the molecule is Cc1ncc(CO)c(CN(CC(=O)O)Cc2c(CO)cnc(C)c2O)c1O. The minimum Gasteiger partial charge on any atom is -0.506 e.